The third-order valence-electron chi connectivity index (χ3n) is 5.89. The summed E-state index contributed by atoms with van der Waals surface area (Å²) in [6.07, 6.45) is 3.40. The van der Waals surface area contributed by atoms with Crippen LogP contribution in [0.25, 0.3) is 0 Å². The summed E-state index contributed by atoms with van der Waals surface area (Å²) in [5.41, 5.74) is 3.33. The second kappa shape index (κ2) is 13.7. The number of nitrogens with zero attached hydrogens (tertiary/aromatic N) is 2. The third kappa shape index (κ3) is 9.13. The molecule has 1 unspecified atom stereocenters. The Labute approximate surface area is 220 Å². The lowest BCUT2D eigenvalue weighted by Gasteiger charge is -2.29. The highest BCUT2D eigenvalue weighted by molar-refractivity contribution is 7.92. The topological polar surface area (TPSA) is 86.8 Å². The maximum atomic E-state index is 13.3. The van der Waals surface area contributed by atoms with Crippen molar-refractivity contribution in [3.63, 3.8) is 0 Å². The van der Waals surface area contributed by atoms with Gasteiger partial charge in [-0.2, -0.15) is 0 Å². The molecule has 0 saturated heterocycles. The highest BCUT2D eigenvalue weighted by atomic mass is 35.5. The highest BCUT2D eigenvalue weighted by Gasteiger charge is 2.26. The number of unbranched alkanes of at least 4 members (excludes halogenated alkanes) is 1. The summed E-state index contributed by atoms with van der Waals surface area (Å²) in [5.74, 6) is -0.436. The quantitative estimate of drug-likeness (QED) is 0.372. The second-order valence-corrected chi connectivity index (χ2v) is 11.6. The van der Waals surface area contributed by atoms with Gasteiger partial charge in [-0.25, -0.2) is 8.42 Å². The minimum absolute atomic E-state index is 0.101. The molecule has 0 radical (unpaired) electrons. The molecule has 36 heavy (non-hydrogen) atoms. The van der Waals surface area contributed by atoms with Crippen molar-refractivity contribution in [2.45, 2.75) is 66.0 Å². The number of halogens is 1. The van der Waals surface area contributed by atoms with E-state index in [-0.39, 0.29) is 31.3 Å². The number of carbonyl (C=O) groups excluding carboxylic acids is 2. The van der Waals surface area contributed by atoms with Crippen LogP contribution in [0.15, 0.2) is 42.5 Å². The zero-order chi connectivity index (χ0) is 26.9. The normalized spacial score (nSPS) is 12.2. The van der Waals surface area contributed by atoms with Gasteiger partial charge in [0.2, 0.25) is 21.8 Å². The van der Waals surface area contributed by atoms with Crippen LogP contribution in [0.4, 0.5) is 5.69 Å². The van der Waals surface area contributed by atoms with E-state index in [0.29, 0.717) is 23.7 Å². The molecule has 2 aromatic carbocycles. The van der Waals surface area contributed by atoms with Crippen LogP contribution < -0.4 is 9.62 Å². The van der Waals surface area contributed by atoms with Gasteiger partial charge in [-0.05, 0) is 74.6 Å². The molecule has 2 amide bonds. The number of carbonyl (C=O) groups is 2. The molecule has 0 fully saturated rings. The van der Waals surface area contributed by atoms with Gasteiger partial charge in [-0.3, -0.25) is 13.9 Å². The summed E-state index contributed by atoms with van der Waals surface area (Å²) >= 11 is 6.13. The van der Waals surface area contributed by atoms with E-state index >= 15 is 0 Å². The van der Waals surface area contributed by atoms with E-state index in [4.69, 9.17) is 11.6 Å². The zero-order valence-electron chi connectivity index (χ0n) is 21.9. The first-order valence-corrected chi connectivity index (χ1v) is 14.5. The minimum Gasteiger partial charge on any atom is -0.354 e. The molecule has 0 bridgehead atoms. The molecule has 0 aromatic heterocycles. The highest BCUT2D eigenvalue weighted by Crippen LogP contribution is 2.22. The average Bonchev–Trinajstić information content (AvgIpc) is 2.78. The first kappa shape index (κ1) is 29.6. The Morgan fingerprint density at radius 1 is 1.06 bits per heavy atom. The number of amides is 2. The van der Waals surface area contributed by atoms with Crippen LogP contribution in [0.1, 0.15) is 56.2 Å². The Morgan fingerprint density at radius 3 is 2.31 bits per heavy atom. The monoisotopic (exact) mass is 535 g/mol. The van der Waals surface area contributed by atoms with Gasteiger partial charge in [0.15, 0.2) is 0 Å². The van der Waals surface area contributed by atoms with E-state index in [1.54, 1.807) is 25.1 Å². The molecule has 9 heteroatoms. The van der Waals surface area contributed by atoms with Crippen LogP contribution in [0.3, 0.4) is 0 Å². The van der Waals surface area contributed by atoms with E-state index in [2.05, 4.69) is 5.32 Å². The number of anilines is 1. The van der Waals surface area contributed by atoms with Gasteiger partial charge in [-0.15, -0.1) is 0 Å². The van der Waals surface area contributed by atoms with Gasteiger partial charge in [0, 0.05) is 31.1 Å². The molecule has 0 spiro atoms. The van der Waals surface area contributed by atoms with Crippen LogP contribution in [0.5, 0.6) is 0 Å². The van der Waals surface area contributed by atoms with E-state index in [1.165, 1.54) is 15.5 Å². The third-order valence-corrected chi connectivity index (χ3v) is 7.31. The molecule has 0 saturated carbocycles. The largest absolute Gasteiger partial charge is 0.354 e. The van der Waals surface area contributed by atoms with Crippen molar-refractivity contribution in [2.75, 3.05) is 23.7 Å². The van der Waals surface area contributed by atoms with Crippen LogP contribution in [0, 0.1) is 13.8 Å². The number of hydrogen-bond acceptors (Lipinski definition) is 4. The van der Waals surface area contributed by atoms with Gasteiger partial charge in [0.25, 0.3) is 0 Å². The Bertz CT molecular complexity index is 1130. The zero-order valence-corrected chi connectivity index (χ0v) is 23.5. The van der Waals surface area contributed by atoms with Crippen molar-refractivity contribution >= 4 is 39.1 Å². The van der Waals surface area contributed by atoms with Crippen molar-refractivity contribution in [1.29, 1.82) is 0 Å². The van der Waals surface area contributed by atoms with E-state index in [9.17, 15) is 18.0 Å². The minimum atomic E-state index is -3.54. The molecule has 1 N–H and O–H groups in total. The smallest absolute Gasteiger partial charge is 0.242 e. The van der Waals surface area contributed by atoms with Crippen LogP contribution in [-0.2, 0) is 26.2 Å². The summed E-state index contributed by atoms with van der Waals surface area (Å²) in [6.45, 7) is 8.54. The SMILES string of the molecule is CCCCNC(=O)C(C)N(Cc1cccc(Cl)c1)C(=O)CCCN(c1cc(C)cc(C)c1)S(C)(=O)=O. The fourth-order valence-corrected chi connectivity index (χ4v) is 5.21. The summed E-state index contributed by atoms with van der Waals surface area (Å²) in [5, 5.41) is 3.45. The van der Waals surface area contributed by atoms with Crippen LogP contribution in [0.2, 0.25) is 5.02 Å². The molecular formula is C27H38ClN3O4S. The van der Waals surface area contributed by atoms with E-state index in [0.717, 1.165) is 29.5 Å². The molecular weight excluding hydrogens is 498 g/mol. The van der Waals surface area contributed by atoms with Gasteiger partial charge in [0.05, 0.1) is 11.9 Å². The Kier molecular flexibility index (Phi) is 11.2. The molecule has 2 aromatic rings. The van der Waals surface area contributed by atoms with E-state index < -0.39 is 16.1 Å². The lowest BCUT2D eigenvalue weighted by atomic mass is 10.1. The predicted molar refractivity (Wildman–Crippen MR) is 147 cm³/mol. The molecule has 1 atom stereocenters. The molecule has 7 nitrogen and oxygen atoms in total. The molecule has 198 valence electrons. The molecule has 0 aliphatic carbocycles. The van der Waals surface area contributed by atoms with Crippen LogP contribution >= 0.6 is 11.6 Å². The number of nitrogens with one attached hydrogen (secondary N) is 1. The standard InChI is InChI=1S/C27H38ClN3O4S/c1-6-7-13-29-27(33)22(4)30(19-23-10-8-11-24(28)18-23)26(32)12-9-14-31(36(5,34)35)25-16-20(2)15-21(3)17-25/h8,10-11,15-18,22H,6-7,9,12-14,19H2,1-5H3,(H,29,33). The fraction of sp³-hybridized carbons (Fsp3) is 0.481. The van der Waals surface area contributed by atoms with Crippen LogP contribution in [-0.4, -0.2) is 50.5 Å². The predicted octanol–water partition coefficient (Wildman–Crippen LogP) is 4.84. The average molecular weight is 536 g/mol. The number of rotatable bonds is 13. The summed E-state index contributed by atoms with van der Waals surface area (Å²) in [6, 6.07) is 12.1. The summed E-state index contributed by atoms with van der Waals surface area (Å²) in [4.78, 5) is 27.6. The van der Waals surface area contributed by atoms with Crippen molar-refractivity contribution < 1.29 is 18.0 Å². The maximum absolute atomic E-state index is 13.3. The van der Waals surface area contributed by atoms with Gasteiger partial charge in [0.1, 0.15) is 6.04 Å². The molecule has 0 aliphatic heterocycles. The van der Waals surface area contributed by atoms with Crippen molar-refractivity contribution in [2.24, 2.45) is 0 Å². The second-order valence-electron chi connectivity index (χ2n) is 9.26. The lowest BCUT2D eigenvalue weighted by molar-refractivity contribution is -0.140. The number of sulfonamides is 1. The Morgan fingerprint density at radius 2 is 1.72 bits per heavy atom. The summed E-state index contributed by atoms with van der Waals surface area (Å²) < 4.78 is 26.4. The summed E-state index contributed by atoms with van der Waals surface area (Å²) in [7, 11) is -3.54. The van der Waals surface area contributed by atoms with Gasteiger partial charge in [-0.1, -0.05) is 43.1 Å². The van der Waals surface area contributed by atoms with Crippen molar-refractivity contribution in [1.82, 2.24) is 10.2 Å². The number of benzene rings is 2. The lowest BCUT2D eigenvalue weighted by Crippen LogP contribution is -2.48. The molecule has 2 rings (SSSR count). The Balaban J connectivity index is 2.17. The van der Waals surface area contributed by atoms with E-state index in [1.807, 2.05) is 45.0 Å². The first-order chi connectivity index (χ1) is 16.9. The molecule has 0 heterocycles. The van der Waals surface area contributed by atoms with Gasteiger partial charge >= 0.3 is 0 Å². The van der Waals surface area contributed by atoms with Crippen molar-refractivity contribution in [3.8, 4) is 0 Å². The number of hydrogen-bond donors (Lipinski definition) is 1. The number of aryl methyl sites for hydroxylation is 2. The fourth-order valence-electron chi connectivity index (χ4n) is 4.05. The maximum Gasteiger partial charge on any atom is 0.242 e. The van der Waals surface area contributed by atoms with Crippen molar-refractivity contribution in [3.05, 3.63) is 64.2 Å². The molecule has 0 aliphatic rings. The van der Waals surface area contributed by atoms with Gasteiger partial charge < -0.3 is 10.2 Å². The Hall–Kier alpha value is -2.58. The first-order valence-electron chi connectivity index (χ1n) is 12.3.